The van der Waals surface area contributed by atoms with E-state index in [1.165, 1.54) is 19.1 Å². The summed E-state index contributed by atoms with van der Waals surface area (Å²) < 4.78 is 49.0. The fraction of sp³-hybridized carbons (Fsp3) is 0.188. The molecule has 0 spiro atoms. The SMILES string of the molecule is CC(Oc1cccc(Oc2c(Cl)cc(C(F)(F)F)cc2Cl)c1)C(=O)Cl. The maximum atomic E-state index is 12.7. The lowest BCUT2D eigenvalue weighted by atomic mass is 10.2. The predicted molar refractivity (Wildman–Crippen MR) is 88.9 cm³/mol. The summed E-state index contributed by atoms with van der Waals surface area (Å²) in [4.78, 5) is 11.0. The minimum Gasteiger partial charge on any atom is -0.481 e. The Morgan fingerprint density at radius 2 is 1.64 bits per heavy atom. The van der Waals surface area contributed by atoms with Crippen LogP contribution in [0.25, 0.3) is 0 Å². The summed E-state index contributed by atoms with van der Waals surface area (Å²) in [6.45, 7) is 1.46. The van der Waals surface area contributed by atoms with E-state index in [-0.39, 0.29) is 27.3 Å². The molecule has 1 unspecified atom stereocenters. The van der Waals surface area contributed by atoms with Gasteiger partial charge in [-0.25, -0.2) is 0 Å². The number of benzene rings is 2. The summed E-state index contributed by atoms with van der Waals surface area (Å²) in [7, 11) is 0. The molecule has 0 saturated heterocycles. The largest absolute Gasteiger partial charge is 0.481 e. The zero-order valence-electron chi connectivity index (χ0n) is 12.5. The second-order valence-corrected chi connectivity index (χ2v) is 6.09. The van der Waals surface area contributed by atoms with Crippen LogP contribution in [0.3, 0.4) is 0 Å². The second kappa shape index (κ2) is 7.72. The minimum absolute atomic E-state index is 0.130. The molecule has 0 aliphatic carbocycles. The molecule has 0 bridgehead atoms. The van der Waals surface area contributed by atoms with Crippen LogP contribution >= 0.6 is 34.8 Å². The summed E-state index contributed by atoms with van der Waals surface area (Å²) >= 11 is 17.0. The summed E-state index contributed by atoms with van der Waals surface area (Å²) in [5, 5.41) is -1.27. The zero-order chi connectivity index (χ0) is 18.8. The summed E-state index contributed by atoms with van der Waals surface area (Å²) in [6.07, 6.45) is -5.46. The third kappa shape index (κ3) is 5.17. The molecule has 25 heavy (non-hydrogen) atoms. The number of rotatable bonds is 5. The molecule has 1 atom stereocenters. The van der Waals surface area contributed by atoms with Crippen LogP contribution in [0.2, 0.25) is 10.0 Å². The highest BCUT2D eigenvalue weighted by atomic mass is 35.5. The molecule has 0 aromatic heterocycles. The lowest BCUT2D eigenvalue weighted by Crippen LogP contribution is -2.18. The van der Waals surface area contributed by atoms with Gasteiger partial charge in [-0.15, -0.1) is 0 Å². The van der Waals surface area contributed by atoms with Crippen LogP contribution in [0.1, 0.15) is 12.5 Å². The van der Waals surface area contributed by atoms with E-state index >= 15 is 0 Å². The number of alkyl halides is 3. The molecule has 9 heteroatoms. The van der Waals surface area contributed by atoms with Crippen molar-refractivity contribution in [1.29, 1.82) is 0 Å². The van der Waals surface area contributed by atoms with Gasteiger partial charge >= 0.3 is 6.18 Å². The van der Waals surface area contributed by atoms with Crippen molar-refractivity contribution >= 4 is 40.0 Å². The van der Waals surface area contributed by atoms with E-state index in [0.717, 1.165) is 12.1 Å². The molecular formula is C16H10Cl3F3O3. The van der Waals surface area contributed by atoms with Gasteiger partial charge in [0.2, 0.25) is 0 Å². The first kappa shape index (κ1) is 19.7. The third-order valence-electron chi connectivity index (χ3n) is 2.98. The van der Waals surface area contributed by atoms with Crippen LogP contribution in [0.4, 0.5) is 13.2 Å². The van der Waals surface area contributed by atoms with Crippen LogP contribution < -0.4 is 9.47 Å². The van der Waals surface area contributed by atoms with Gasteiger partial charge < -0.3 is 9.47 Å². The molecule has 2 aromatic rings. The number of hydrogen-bond donors (Lipinski definition) is 0. The maximum absolute atomic E-state index is 12.7. The Morgan fingerprint density at radius 1 is 1.08 bits per heavy atom. The van der Waals surface area contributed by atoms with Gasteiger partial charge in [-0.2, -0.15) is 13.2 Å². The Kier molecular flexibility index (Phi) is 6.08. The van der Waals surface area contributed by atoms with Crippen LogP contribution in [0.5, 0.6) is 17.2 Å². The second-order valence-electron chi connectivity index (χ2n) is 4.91. The Morgan fingerprint density at radius 3 is 2.16 bits per heavy atom. The number of hydrogen-bond acceptors (Lipinski definition) is 3. The number of carbonyl (C=O) groups is 1. The van der Waals surface area contributed by atoms with Crippen LogP contribution in [-0.4, -0.2) is 11.3 Å². The number of ether oxygens (including phenoxy) is 2. The molecular weight excluding hydrogens is 404 g/mol. The first-order chi connectivity index (χ1) is 11.6. The smallest absolute Gasteiger partial charge is 0.416 e. The average molecular weight is 414 g/mol. The predicted octanol–water partition coefficient (Wildman–Crippen LogP) is 6.34. The number of carbonyl (C=O) groups excluding carboxylic acids is 1. The van der Waals surface area contributed by atoms with Gasteiger partial charge in [-0.1, -0.05) is 29.3 Å². The fourth-order valence-electron chi connectivity index (χ4n) is 1.80. The molecule has 0 aliphatic rings. The highest BCUT2D eigenvalue weighted by Gasteiger charge is 2.32. The Bertz CT molecular complexity index is 771. The minimum atomic E-state index is -4.58. The standard InChI is InChI=1S/C16H10Cl3F3O3/c1-8(15(19)23)24-10-3-2-4-11(7-10)25-14-12(17)5-9(6-13(14)18)16(20,21)22/h2-8H,1H3. The highest BCUT2D eigenvalue weighted by molar-refractivity contribution is 6.64. The fourth-order valence-corrected chi connectivity index (χ4v) is 2.41. The van der Waals surface area contributed by atoms with Crippen LogP contribution in [0.15, 0.2) is 36.4 Å². The van der Waals surface area contributed by atoms with Crippen molar-refractivity contribution in [2.45, 2.75) is 19.2 Å². The highest BCUT2D eigenvalue weighted by Crippen LogP contribution is 2.42. The van der Waals surface area contributed by atoms with Gasteiger partial charge in [-0.3, -0.25) is 4.79 Å². The van der Waals surface area contributed by atoms with E-state index in [1.807, 2.05) is 0 Å². The lowest BCUT2D eigenvalue weighted by Gasteiger charge is -2.15. The van der Waals surface area contributed by atoms with E-state index in [1.54, 1.807) is 12.1 Å². The molecule has 3 nitrogen and oxygen atoms in total. The topological polar surface area (TPSA) is 35.5 Å². The summed E-state index contributed by atoms with van der Waals surface area (Å²) in [6, 6.07) is 7.49. The molecule has 0 aliphatic heterocycles. The Hall–Kier alpha value is -1.63. The monoisotopic (exact) mass is 412 g/mol. The first-order valence-electron chi connectivity index (χ1n) is 6.78. The van der Waals surface area contributed by atoms with E-state index in [2.05, 4.69) is 0 Å². The molecule has 0 radical (unpaired) electrons. The molecule has 2 rings (SSSR count). The van der Waals surface area contributed by atoms with Gasteiger partial charge in [0.25, 0.3) is 5.24 Å². The zero-order valence-corrected chi connectivity index (χ0v) is 14.8. The first-order valence-corrected chi connectivity index (χ1v) is 7.91. The van der Waals surface area contributed by atoms with Crippen molar-refractivity contribution in [2.75, 3.05) is 0 Å². The lowest BCUT2D eigenvalue weighted by molar-refractivity contribution is -0.137. The number of halogens is 6. The molecule has 0 saturated carbocycles. The van der Waals surface area contributed by atoms with Crippen molar-refractivity contribution in [1.82, 2.24) is 0 Å². The van der Waals surface area contributed by atoms with Crippen LogP contribution in [-0.2, 0) is 11.0 Å². The van der Waals surface area contributed by atoms with Crippen molar-refractivity contribution in [3.8, 4) is 17.2 Å². The molecule has 0 heterocycles. The third-order valence-corrected chi connectivity index (χ3v) is 3.85. The quantitative estimate of drug-likeness (QED) is 0.537. The molecule has 0 N–H and O–H groups in total. The molecule has 0 fully saturated rings. The van der Waals surface area contributed by atoms with Crippen molar-refractivity contribution in [3.63, 3.8) is 0 Å². The van der Waals surface area contributed by atoms with Crippen molar-refractivity contribution in [3.05, 3.63) is 52.0 Å². The molecule has 0 amide bonds. The summed E-state index contributed by atoms with van der Waals surface area (Å²) in [5.41, 5.74) is -0.985. The van der Waals surface area contributed by atoms with E-state index in [9.17, 15) is 18.0 Å². The van der Waals surface area contributed by atoms with E-state index < -0.39 is 23.1 Å². The maximum Gasteiger partial charge on any atom is 0.416 e. The van der Waals surface area contributed by atoms with Crippen LogP contribution in [0, 0.1) is 0 Å². The van der Waals surface area contributed by atoms with Gasteiger partial charge in [0.1, 0.15) is 11.5 Å². The molecule has 2 aromatic carbocycles. The van der Waals surface area contributed by atoms with Gasteiger partial charge in [0.15, 0.2) is 11.9 Å². The van der Waals surface area contributed by atoms with Crippen molar-refractivity contribution in [2.24, 2.45) is 0 Å². The molecule has 134 valence electrons. The Labute approximate surface area is 156 Å². The van der Waals surface area contributed by atoms with E-state index in [0.29, 0.717) is 0 Å². The Balaban J connectivity index is 2.27. The van der Waals surface area contributed by atoms with Gasteiger partial charge in [0, 0.05) is 6.07 Å². The van der Waals surface area contributed by atoms with Gasteiger partial charge in [0.05, 0.1) is 15.6 Å². The van der Waals surface area contributed by atoms with Gasteiger partial charge in [-0.05, 0) is 42.8 Å². The normalized spacial score (nSPS) is 12.6. The van der Waals surface area contributed by atoms with E-state index in [4.69, 9.17) is 44.3 Å². The van der Waals surface area contributed by atoms with Crippen molar-refractivity contribution < 1.29 is 27.4 Å². The average Bonchev–Trinajstić information content (AvgIpc) is 2.50. The summed E-state index contributed by atoms with van der Waals surface area (Å²) in [5.74, 6) is 0.350.